The molecule has 1 heterocycles. The zero-order valence-electron chi connectivity index (χ0n) is 12.0. The minimum Gasteiger partial charge on any atom is -0.444 e. The summed E-state index contributed by atoms with van der Waals surface area (Å²) in [5, 5.41) is 2.74. The van der Waals surface area contributed by atoms with Gasteiger partial charge < -0.3 is 14.8 Å². The molecule has 1 fully saturated rings. The minimum atomic E-state index is -0.458. The van der Waals surface area contributed by atoms with Crippen LogP contribution in [0.2, 0.25) is 0 Å². The molecule has 0 saturated carbocycles. The Balaban J connectivity index is 1.67. The second-order valence-electron chi connectivity index (χ2n) is 5.86. The highest BCUT2D eigenvalue weighted by atomic mass is 79.9. The van der Waals surface area contributed by atoms with Crippen LogP contribution in [0.1, 0.15) is 38.9 Å². The largest absolute Gasteiger partial charge is 0.444 e. The molecule has 0 aliphatic carbocycles. The van der Waals surface area contributed by atoms with E-state index in [0.29, 0.717) is 6.54 Å². The van der Waals surface area contributed by atoms with Crippen LogP contribution in [0.5, 0.6) is 0 Å². The Morgan fingerprint density at radius 2 is 2.00 bits per heavy atom. The SMILES string of the molecule is CC(C)(C)OC(=O)NCCC1OC1c1ccc(Br)cc1. The highest BCUT2D eigenvalue weighted by Gasteiger charge is 2.39. The van der Waals surface area contributed by atoms with Gasteiger partial charge in [-0.15, -0.1) is 0 Å². The van der Waals surface area contributed by atoms with Gasteiger partial charge in [0.05, 0.1) is 6.10 Å². The summed E-state index contributed by atoms with van der Waals surface area (Å²) in [6.45, 7) is 6.10. The van der Waals surface area contributed by atoms with Gasteiger partial charge in [0.2, 0.25) is 0 Å². The first kappa shape index (κ1) is 15.3. The second-order valence-corrected chi connectivity index (χ2v) is 6.78. The van der Waals surface area contributed by atoms with E-state index >= 15 is 0 Å². The van der Waals surface area contributed by atoms with Crippen LogP contribution in [0, 0.1) is 0 Å². The van der Waals surface area contributed by atoms with Gasteiger partial charge in [0, 0.05) is 11.0 Å². The van der Waals surface area contributed by atoms with E-state index < -0.39 is 5.60 Å². The summed E-state index contributed by atoms with van der Waals surface area (Å²) in [6.07, 6.45) is 0.757. The van der Waals surface area contributed by atoms with Crippen molar-refractivity contribution in [2.24, 2.45) is 0 Å². The van der Waals surface area contributed by atoms with Crippen LogP contribution in [0.15, 0.2) is 28.7 Å². The van der Waals surface area contributed by atoms with Crippen LogP contribution in [-0.4, -0.2) is 24.3 Å². The van der Waals surface area contributed by atoms with Crippen molar-refractivity contribution in [2.45, 2.75) is 45.0 Å². The van der Waals surface area contributed by atoms with E-state index in [2.05, 4.69) is 33.4 Å². The lowest BCUT2D eigenvalue weighted by molar-refractivity contribution is 0.0526. The summed E-state index contributed by atoms with van der Waals surface area (Å²) in [4.78, 5) is 11.5. The van der Waals surface area contributed by atoms with Gasteiger partial charge in [0.1, 0.15) is 11.7 Å². The van der Waals surface area contributed by atoms with Gasteiger partial charge in [0.25, 0.3) is 0 Å². The van der Waals surface area contributed by atoms with Gasteiger partial charge in [-0.3, -0.25) is 0 Å². The Morgan fingerprint density at radius 1 is 1.35 bits per heavy atom. The number of benzene rings is 1. The van der Waals surface area contributed by atoms with Gasteiger partial charge in [-0.25, -0.2) is 4.79 Å². The lowest BCUT2D eigenvalue weighted by atomic mass is 10.1. The molecule has 1 aromatic carbocycles. The minimum absolute atomic E-state index is 0.156. The smallest absolute Gasteiger partial charge is 0.407 e. The van der Waals surface area contributed by atoms with Crippen LogP contribution >= 0.6 is 15.9 Å². The van der Waals surface area contributed by atoms with E-state index in [4.69, 9.17) is 9.47 Å². The summed E-state index contributed by atoms with van der Waals surface area (Å²) in [7, 11) is 0. The molecule has 4 nitrogen and oxygen atoms in total. The molecule has 0 spiro atoms. The maximum Gasteiger partial charge on any atom is 0.407 e. The molecule has 1 aliphatic heterocycles. The van der Waals surface area contributed by atoms with Crippen molar-refractivity contribution in [3.05, 3.63) is 34.3 Å². The Kier molecular flexibility index (Phi) is 4.70. The normalized spacial score (nSPS) is 21.4. The summed E-state index contributed by atoms with van der Waals surface area (Å²) in [5.41, 5.74) is 0.718. The Morgan fingerprint density at radius 3 is 2.60 bits per heavy atom. The number of rotatable bonds is 4. The molecule has 0 radical (unpaired) electrons. The standard InChI is InChI=1S/C15H20BrNO3/c1-15(2,3)20-14(18)17-9-8-12-13(19-12)10-4-6-11(16)7-5-10/h4-7,12-13H,8-9H2,1-3H3,(H,17,18). The second kappa shape index (κ2) is 6.14. The fourth-order valence-corrected chi connectivity index (χ4v) is 2.20. The molecular formula is C15H20BrNO3. The lowest BCUT2D eigenvalue weighted by Gasteiger charge is -2.19. The van der Waals surface area contributed by atoms with Crippen molar-refractivity contribution in [1.29, 1.82) is 0 Å². The molecule has 2 unspecified atom stereocenters. The molecule has 0 aromatic heterocycles. The molecule has 1 N–H and O–H groups in total. The number of alkyl carbamates (subject to hydrolysis) is 1. The van der Waals surface area contributed by atoms with Gasteiger partial charge in [-0.1, -0.05) is 28.1 Å². The zero-order valence-corrected chi connectivity index (χ0v) is 13.6. The van der Waals surface area contributed by atoms with E-state index in [1.165, 1.54) is 5.56 Å². The Bertz CT molecular complexity index is 467. The third-order valence-electron chi connectivity index (χ3n) is 2.88. The summed E-state index contributed by atoms with van der Waals surface area (Å²) >= 11 is 3.41. The number of nitrogens with one attached hydrogen (secondary N) is 1. The zero-order chi connectivity index (χ0) is 14.8. The first-order valence-corrected chi connectivity index (χ1v) is 7.52. The third-order valence-corrected chi connectivity index (χ3v) is 3.41. The number of carbonyl (C=O) groups is 1. The predicted octanol–water partition coefficient (Wildman–Crippen LogP) is 3.80. The van der Waals surface area contributed by atoms with Crippen LogP contribution in [0.3, 0.4) is 0 Å². The van der Waals surface area contributed by atoms with E-state index in [9.17, 15) is 4.79 Å². The molecule has 5 heteroatoms. The predicted molar refractivity (Wildman–Crippen MR) is 80.6 cm³/mol. The number of epoxide rings is 1. The summed E-state index contributed by atoms with van der Waals surface area (Å²) in [6, 6.07) is 8.12. The van der Waals surface area contributed by atoms with Gasteiger partial charge in [-0.05, 0) is 44.9 Å². The first-order chi connectivity index (χ1) is 9.35. The van der Waals surface area contributed by atoms with Crippen LogP contribution in [-0.2, 0) is 9.47 Å². The highest BCUT2D eigenvalue weighted by molar-refractivity contribution is 9.10. The van der Waals surface area contributed by atoms with Crippen LogP contribution in [0.25, 0.3) is 0 Å². The molecule has 2 atom stereocenters. The molecule has 2 rings (SSSR count). The third kappa shape index (κ3) is 4.80. The number of hydrogen-bond acceptors (Lipinski definition) is 3. The first-order valence-electron chi connectivity index (χ1n) is 6.73. The molecule has 1 aliphatic rings. The molecular weight excluding hydrogens is 322 g/mol. The van der Waals surface area contributed by atoms with Gasteiger partial charge in [-0.2, -0.15) is 0 Å². The van der Waals surface area contributed by atoms with Crippen molar-refractivity contribution in [3.8, 4) is 0 Å². The maximum absolute atomic E-state index is 11.5. The average molecular weight is 342 g/mol. The van der Waals surface area contributed by atoms with Crippen molar-refractivity contribution >= 4 is 22.0 Å². The average Bonchev–Trinajstić information content (AvgIpc) is 3.07. The van der Waals surface area contributed by atoms with Crippen molar-refractivity contribution < 1.29 is 14.3 Å². The lowest BCUT2D eigenvalue weighted by Crippen LogP contribution is -2.33. The monoisotopic (exact) mass is 341 g/mol. The molecule has 1 amide bonds. The van der Waals surface area contributed by atoms with Crippen molar-refractivity contribution in [2.75, 3.05) is 6.54 Å². The number of hydrogen-bond donors (Lipinski definition) is 1. The van der Waals surface area contributed by atoms with E-state index in [-0.39, 0.29) is 18.3 Å². The van der Waals surface area contributed by atoms with Crippen molar-refractivity contribution in [1.82, 2.24) is 5.32 Å². The van der Waals surface area contributed by atoms with E-state index in [1.807, 2.05) is 32.9 Å². The highest BCUT2D eigenvalue weighted by Crippen LogP contribution is 2.40. The molecule has 0 bridgehead atoms. The quantitative estimate of drug-likeness (QED) is 0.847. The van der Waals surface area contributed by atoms with Crippen LogP contribution in [0.4, 0.5) is 4.79 Å². The summed E-state index contributed by atoms with van der Waals surface area (Å²) in [5.74, 6) is 0. The maximum atomic E-state index is 11.5. The number of halogens is 1. The fourth-order valence-electron chi connectivity index (χ4n) is 1.94. The van der Waals surface area contributed by atoms with Crippen molar-refractivity contribution in [3.63, 3.8) is 0 Å². The molecule has 20 heavy (non-hydrogen) atoms. The van der Waals surface area contributed by atoms with E-state index in [1.54, 1.807) is 0 Å². The molecule has 1 saturated heterocycles. The number of carbonyl (C=O) groups excluding carboxylic acids is 1. The fraction of sp³-hybridized carbons (Fsp3) is 0.533. The van der Waals surface area contributed by atoms with Crippen LogP contribution < -0.4 is 5.32 Å². The Hall–Kier alpha value is -1.07. The number of ether oxygens (including phenoxy) is 2. The Labute approximate surface area is 128 Å². The molecule has 1 aromatic rings. The number of amides is 1. The van der Waals surface area contributed by atoms with E-state index in [0.717, 1.165) is 10.9 Å². The van der Waals surface area contributed by atoms with Gasteiger partial charge >= 0.3 is 6.09 Å². The summed E-state index contributed by atoms with van der Waals surface area (Å²) < 4.78 is 11.8. The molecule has 110 valence electrons. The van der Waals surface area contributed by atoms with Gasteiger partial charge in [0.15, 0.2) is 0 Å². The topological polar surface area (TPSA) is 50.9 Å².